The second-order valence-electron chi connectivity index (χ2n) is 6.09. The molecule has 1 aliphatic heterocycles. The Labute approximate surface area is 131 Å². The Balaban J connectivity index is 1.75. The van der Waals surface area contributed by atoms with Crippen molar-refractivity contribution in [3.63, 3.8) is 0 Å². The zero-order valence-electron chi connectivity index (χ0n) is 13.7. The van der Waals surface area contributed by atoms with E-state index in [-0.39, 0.29) is 0 Å². The van der Waals surface area contributed by atoms with Crippen molar-refractivity contribution in [3.05, 3.63) is 35.2 Å². The van der Waals surface area contributed by atoms with Crippen LogP contribution < -0.4 is 4.90 Å². The van der Waals surface area contributed by atoms with E-state index in [1.807, 2.05) is 38.9 Å². The van der Waals surface area contributed by atoms with E-state index in [0.717, 1.165) is 48.4 Å². The summed E-state index contributed by atoms with van der Waals surface area (Å²) in [5.41, 5.74) is 2.00. The summed E-state index contributed by atoms with van der Waals surface area (Å²) in [6.07, 6.45) is 2.27. The van der Waals surface area contributed by atoms with Gasteiger partial charge in [0, 0.05) is 14.1 Å². The van der Waals surface area contributed by atoms with Crippen molar-refractivity contribution in [3.8, 4) is 0 Å². The van der Waals surface area contributed by atoms with Crippen molar-refractivity contribution in [1.29, 1.82) is 0 Å². The van der Waals surface area contributed by atoms with Gasteiger partial charge >= 0.3 is 0 Å². The van der Waals surface area contributed by atoms with E-state index >= 15 is 0 Å². The molecule has 1 aliphatic rings. The van der Waals surface area contributed by atoms with Crippen LogP contribution in [-0.4, -0.2) is 40.7 Å². The van der Waals surface area contributed by atoms with Gasteiger partial charge in [0.05, 0.1) is 24.0 Å². The number of hydrogen-bond acceptors (Lipinski definition) is 6. The topological polar surface area (TPSA) is 58.3 Å². The molecule has 1 unspecified atom stereocenters. The van der Waals surface area contributed by atoms with Crippen molar-refractivity contribution in [2.45, 2.75) is 39.3 Å². The van der Waals surface area contributed by atoms with Gasteiger partial charge in [-0.15, -0.1) is 5.10 Å². The lowest BCUT2D eigenvalue weighted by molar-refractivity contribution is 0.218. The number of nitrogens with zero attached hydrogens (tertiary/aromatic N) is 5. The van der Waals surface area contributed by atoms with Gasteiger partial charge in [0.1, 0.15) is 5.76 Å². The smallest absolute Gasteiger partial charge is 0.208 e. The molecule has 1 saturated heterocycles. The van der Waals surface area contributed by atoms with Crippen LogP contribution in [-0.2, 0) is 6.54 Å². The van der Waals surface area contributed by atoms with E-state index in [4.69, 9.17) is 4.42 Å². The Bertz CT molecular complexity index is 615. The standard InChI is InChI=1S/C16H23N5O/c1-11-12(2)22-16(17-11)10-21-9-5-6-14(21)13-7-8-15(19-18-13)20(3)4/h7-8,14H,5-6,9-10H2,1-4H3. The van der Waals surface area contributed by atoms with Crippen LogP contribution in [0.15, 0.2) is 16.5 Å². The molecule has 0 aliphatic carbocycles. The summed E-state index contributed by atoms with van der Waals surface area (Å²) < 4.78 is 5.72. The van der Waals surface area contributed by atoms with E-state index in [9.17, 15) is 0 Å². The lowest BCUT2D eigenvalue weighted by Gasteiger charge is -2.22. The fraction of sp³-hybridized carbons (Fsp3) is 0.562. The van der Waals surface area contributed by atoms with E-state index in [1.54, 1.807) is 0 Å². The molecule has 0 bridgehead atoms. The highest BCUT2D eigenvalue weighted by Gasteiger charge is 2.28. The predicted molar refractivity (Wildman–Crippen MR) is 84.7 cm³/mol. The minimum atomic E-state index is 0.302. The molecule has 6 heteroatoms. The maximum absolute atomic E-state index is 5.72. The number of anilines is 1. The molecule has 0 aromatic carbocycles. The minimum absolute atomic E-state index is 0.302. The van der Waals surface area contributed by atoms with Crippen LogP contribution in [0.4, 0.5) is 5.82 Å². The fourth-order valence-electron chi connectivity index (χ4n) is 2.88. The van der Waals surface area contributed by atoms with Gasteiger partial charge < -0.3 is 9.32 Å². The van der Waals surface area contributed by atoms with Crippen molar-refractivity contribution < 1.29 is 4.42 Å². The zero-order chi connectivity index (χ0) is 15.7. The molecular formula is C16H23N5O. The van der Waals surface area contributed by atoms with Crippen molar-refractivity contribution in [1.82, 2.24) is 20.1 Å². The molecule has 3 rings (SSSR count). The van der Waals surface area contributed by atoms with E-state index in [1.165, 1.54) is 6.42 Å². The summed E-state index contributed by atoms with van der Waals surface area (Å²) >= 11 is 0. The Kier molecular flexibility index (Phi) is 4.11. The largest absolute Gasteiger partial charge is 0.444 e. The molecular weight excluding hydrogens is 278 g/mol. The van der Waals surface area contributed by atoms with Crippen molar-refractivity contribution in [2.24, 2.45) is 0 Å². The molecule has 2 aromatic heterocycles. The number of oxazole rings is 1. The third-order valence-corrected chi connectivity index (χ3v) is 4.25. The molecule has 0 radical (unpaired) electrons. The van der Waals surface area contributed by atoms with E-state index < -0.39 is 0 Å². The SMILES string of the molecule is Cc1nc(CN2CCCC2c2ccc(N(C)C)nn2)oc1C. The van der Waals surface area contributed by atoms with Crippen LogP contribution in [0.25, 0.3) is 0 Å². The molecule has 2 aromatic rings. The molecule has 0 amide bonds. The second kappa shape index (κ2) is 6.04. The monoisotopic (exact) mass is 301 g/mol. The molecule has 22 heavy (non-hydrogen) atoms. The van der Waals surface area contributed by atoms with Gasteiger partial charge in [0.2, 0.25) is 5.89 Å². The third kappa shape index (κ3) is 2.97. The molecule has 0 saturated carbocycles. The van der Waals surface area contributed by atoms with E-state index in [0.29, 0.717) is 6.04 Å². The van der Waals surface area contributed by atoms with Gasteiger partial charge in [-0.05, 0) is 45.4 Å². The molecule has 0 N–H and O–H groups in total. The van der Waals surface area contributed by atoms with E-state index in [2.05, 4.69) is 26.1 Å². The molecule has 0 spiro atoms. The van der Waals surface area contributed by atoms with Gasteiger partial charge in [0.15, 0.2) is 5.82 Å². The van der Waals surface area contributed by atoms with Crippen LogP contribution in [0.5, 0.6) is 0 Å². The first-order valence-electron chi connectivity index (χ1n) is 7.72. The van der Waals surface area contributed by atoms with Gasteiger partial charge in [-0.3, -0.25) is 4.90 Å². The maximum atomic E-state index is 5.72. The summed E-state index contributed by atoms with van der Waals surface area (Å²) in [6.45, 7) is 5.71. The minimum Gasteiger partial charge on any atom is -0.444 e. The summed E-state index contributed by atoms with van der Waals surface area (Å²) in [6, 6.07) is 4.41. The molecule has 3 heterocycles. The maximum Gasteiger partial charge on any atom is 0.208 e. The second-order valence-corrected chi connectivity index (χ2v) is 6.09. The Hall–Kier alpha value is -1.95. The Morgan fingerprint density at radius 2 is 2.09 bits per heavy atom. The average Bonchev–Trinajstić information content (AvgIpc) is 3.07. The normalized spacial score (nSPS) is 18.8. The Morgan fingerprint density at radius 3 is 2.68 bits per heavy atom. The fourth-order valence-corrected chi connectivity index (χ4v) is 2.88. The molecule has 1 fully saturated rings. The van der Waals surface area contributed by atoms with Crippen LogP contribution in [0.3, 0.4) is 0 Å². The van der Waals surface area contributed by atoms with Gasteiger partial charge in [-0.1, -0.05) is 0 Å². The van der Waals surface area contributed by atoms with Gasteiger partial charge in [-0.25, -0.2) is 4.98 Å². The van der Waals surface area contributed by atoms with Gasteiger partial charge in [0.25, 0.3) is 0 Å². The first kappa shape index (κ1) is 15.0. The van der Waals surface area contributed by atoms with Crippen LogP contribution in [0.2, 0.25) is 0 Å². The quantitative estimate of drug-likeness (QED) is 0.864. The predicted octanol–water partition coefficient (Wildman–Crippen LogP) is 2.48. The van der Waals surface area contributed by atoms with Gasteiger partial charge in [-0.2, -0.15) is 5.10 Å². The summed E-state index contributed by atoms with van der Waals surface area (Å²) in [4.78, 5) is 8.83. The highest BCUT2D eigenvalue weighted by molar-refractivity contribution is 5.35. The number of hydrogen-bond donors (Lipinski definition) is 0. The number of aryl methyl sites for hydroxylation is 2. The summed E-state index contributed by atoms with van der Waals surface area (Å²) in [5, 5.41) is 8.70. The molecule has 6 nitrogen and oxygen atoms in total. The first-order valence-corrected chi connectivity index (χ1v) is 7.72. The lowest BCUT2D eigenvalue weighted by Crippen LogP contribution is -2.24. The van der Waals surface area contributed by atoms with Crippen molar-refractivity contribution in [2.75, 3.05) is 25.5 Å². The average molecular weight is 301 g/mol. The highest BCUT2D eigenvalue weighted by atomic mass is 16.4. The first-order chi connectivity index (χ1) is 10.5. The molecule has 1 atom stereocenters. The van der Waals surface area contributed by atoms with Crippen LogP contribution >= 0.6 is 0 Å². The summed E-state index contributed by atoms with van der Waals surface area (Å²) in [7, 11) is 3.94. The Morgan fingerprint density at radius 1 is 1.27 bits per heavy atom. The number of rotatable bonds is 4. The van der Waals surface area contributed by atoms with Crippen LogP contribution in [0.1, 0.15) is 41.9 Å². The lowest BCUT2D eigenvalue weighted by atomic mass is 10.1. The highest BCUT2D eigenvalue weighted by Crippen LogP contribution is 2.32. The van der Waals surface area contributed by atoms with Crippen LogP contribution in [0, 0.1) is 13.8 Å². The number of likely N-dealkylation sites (tertiary alicyclic amines) is 1. The zero-order valence-corrected chi connectivity index (χ0v) is 13.7. The number of aromatic nitrogens is 3. The van der Waals surface area contributed by atoms with Crippen molar-refractivity contribution >= 4 is 5.82 Å². The molecule has 118 valence electrons. The summed E-state index contributed by atoms with van der Waals surface area (Å²) in [5.74, 6) is 2.58. The third-order valence-electron chi connectivity index (χ3n) is 4.25.